The van der Waals surface area contributed by atoms with Gasteiger partial charge >= 0.3 is 18.3 Å². The van der Waals surface area contributed by atoms with Crippen molar-refractivity contribution in [1.29, 1.82) is 0 Å². The molecule has 18 heteroatoms. The first-order valence-corrected chi connectivity index (χ1v) is 23.2. The van der Waals surface area contributed by atoms with Crippen LogP contribution in [0.3, 0.4) is 0 Å². The number of thiophene rings is 2. The maximum absolute atomic E-state index is 13.6. The molecule has 0 saturated carbocycles. The van der Waals surface area contributed by atoms with E-state index in [1.54, 1.807) is 114 Å². The standard InChI is InChI=1S/C27H27F3N2O4S.C22H17ClF3NO2S/c1-3-35-25(34)16-31(2)15-24(33)32-12-11-19-13-20(9-10-23(19)32)36-17-21-14-22(18-7-5-4-6-8-18)26(37-21)27(28,29)30;23-12-20(28)27-9-8-15-10-16(6-7-19(15)27)29-13-17-11-18(14-4-2-1-3-5-14)21(30-17)22(24,25)26/h4-10,13-14H,3,11-12,15-17H2,1-2H3;1-7,10-11H,8-9,12-13H2. The van der Waals surface area contributed by atoms with E-state index in [1.165, 1.54) is 12.1 Å². The number of hydrogen-bond donors (Lipinski definition) is 0. The van der Waals surface area contributed by atoms with Gasteiger partial charge in [-0.05, 0) is 97.6 Å². The topological polar surface area (TPSA) is 88.6 Å². The first kappa shape index (κ1) is 49.0. The molecule has 2 aliphatic rings. The Bertz CT molecular complexity index is 2690. The van der Waals surface area contributed by atoms with Crippen LogP contribution in [0.2, 0.25) is 0 Å². The number of halogens is 7. The zero-order valence-electron chi connectivity index (χ0n) is 36.2. The molecule has 0 saturated heterocycles. The Labute approximate surface area is 396 Å². The van der Waals surface area contributed by atoms with E-state index < -0.39 is 22.1 Å². The van der Waals surface area contributed by atoms with E-state index in [2.05, 4.69) is 0 Å². The molecule has 4 aromatic carbocycles. The third kappa shape index (κ3) is 12.2. The van der Waals surface area contributed by atoms with Crippen LogP contribution in [-0.4, -0.2) is 68.4 Å². The lowest BCUT2D eigenvalue weighted by molar-refractivity contribution is -0.144. The molecule has 2 aliphatic heterocycles. The highest BCUT2D eigenvalue weighted by atomic mass is 35.5. The maximum atomic E-state index is 13.6. The van der Waals surface area contributed by atoms with Gasteiger partial charge in [-0.15, -0.1) is 34.3 Å². The molecule has 0 N–H and O–H groups in total. The number of esters is 1. The molecular formula is C49H44ClF6N3O6S2. The van der Waals surface area contributed by atoms with E-state index in [0.717, 1.165) is 22.5 Å². The van der Waals surface area contributed by atoms with Gasteiger partial charge in [-0.2, -0.15) is 26.3 Å². The molecule has 0 atom stereocenters. The Morgan fingerprint density at radius 1 is 0.642 bits per heavy atom. The van der Waals surface area contributed by atoms with Gasteiger partial charge in [0, 0.05) is 45.3 Å². The second-order valence-electron chi connectivity index (χ2n) is 15.5. The summed E-state index contributed by atoms with van der Waals surface area (Å²) in [4.78, 5) is 40.9. The molecule has 0 aliphatic carbocycles. The van der Waals surface area contributed by atoms with Crippen LogP contribution in [0.15, 0.2) is 109 Å². The smallest absolute Gasteiger partial charge is 0.426 e. The van der Waals surface area contributed by atoms with Crippen molar-refractivity contribution in [1.82, 2.24) is 4.90 Å². The summed E-state index contributed by atoms with van der Waals surface area (Å²) in [6, 6.07) is 30.7. The molecule has 67 heavy (non-hydrogen) atoms. The van der Waals surface area contributed by atoms with Crippen LogP contribution in [0.5, 0.6) is 11.5 Å². The largest absolute Gasteiger partial charge is 0.488 e. The molecule has 0 fully saturated rings. The number of fused-ring (bicyclic) bond motifs is 2. The second kappa shape index (κ2) is 21.4. The predicted molar refractivity (Wildman–Crippen MR) is 248 cm³/mol. The van der Waals surface area contributed by atoms with Crippen LogP contribution < -0.4 is 19.3 Å². The minimum absolute atomic E-state index is 0.000661. The molecule has 0 unspecified atom stereocenters. The van der Waals surface area contributed by atoms with Crippen molar-refractivity contribution in [2.45, 2.75) is 45.3 Å². The number of carbonyl (C=O) groups is 3. The molecule has 2 aromatic heterocycles. The second-order valence-corrected chi connectivity index (χ2v) is 18.0. The first-order chi connectivity index (χ1) is 32.0. The van der Waals surface area contributed by atoms with Gasteiger partial charge in [0.25, 0.3) is 0 Å². The number of nitrogens with zero attached hydrogens (tertiary/aromatic N) is 3. The fourth-order valence-corrected chi connectivity index (χ4v) is 9.81. The number of likely N-dealkylation sites (N-methyl/N-ethyl adjacent to an activating group) is 1. The summed E-state index contributed by atoms with van der Waals surface area (Å²) in [5.74, 6) is 0.321. The number of alkyl halides is 7. The number of ether oxygens (including phenoxy) is 3. The van der Waals surface area contributed by atoms with E-state index >= 15 is 0 Å². The summed E-state index contributed by atoms with van der Waals surface area (Å²) in [7, 11) is 1.68. The van der Waals surface area contributed by atoms with E-state index in [1.807, 2.05) is 12.1 Å². The molecule has 0 bridgehead atoms. The zero-order chi connectivity index (χ0) is 47.9. The predicted octanol–water partition coefficient (Wildman–Crippen LogP) is 11.5. The number of rotatable bonds is 14. The molecule has 9 nitrogen and oxygen atoms in total. The summed E-state index contributed by atoms with van der Waals surface area (Å²) in [5.41, 5.74) is 4.78. The average Bonchev–Trinajstić information content (AvgIpc) is 4.13. The summed E-state index contributed by atoms with van der Waals surface area (Å²) >= 11 is 7.02. The molecule has 2 amide bonds. The van der Waals surface area contributed by atoms with Crippen molar-refractivity contribution < 1.29 is 54.9 Å². The number of benzene rings is 4. The summed E-state index contributed by atoms with van der Waals surface area (Å²) in [5, 5.41) is 0. The average molecular weight is 984 g/mol. The summed E-state index contributed by atoms with van der Waals surface area (Å²) in [6.07, 6.45) is -7.57. The number of hydrogen-bond acceptors (Lipinski definition) is 9. The van der Waals surface area contributed by atoms with Crippen molar-refractivity contribution in [3.05, 3.63) is 140 Å². The highest BCUT2D eigenvalue weighted by molar-refractivity contribution is 7.13. The van der Waals surface area contributed by atoms with E-state index in [4.69, 9.17) is 25.8 Å². The molecule has 0 radical (unpaired) electrons. The highest BCUT2D eigenvalue weighted by Gasteiger charge is 2.38. The fourth-order valence-electron chi connectivity index (χ4n) is 7.75. The maximum Gasteiger partial charge on any atom is 0.426 e. The molecule has 0 spiro atoms. The Morgan fingerprint density at radius 3 is 1.51 bits per heavy atom. The van der Waals surface area contributed by atoms with Gasteiger partial charge in [-0.3, -0.25) is 19.3 Å². The SMILES string of the molecule is CCOC(=O)CN(C)CC(=O)N1CCc2cc(OCc3cc(-c4ccccc4)c(C(F)(F)F)s3)ccc21.O=C(CCl)N1CCc2cc(OCc3cc(-c4ccccc4)c(C(F)(F)F)s3)ccc21. The first-order valence-electron chi connectivity index (χ1n) is 21.0. The van der Waals surface area contributed by atoms with E-state index in [0.29, 0.717) is 81.0 Å². The highest BCUT2D eigenvalue weighted by Crippen LogP contribution is 2.45. The third-order valence-corrected chi connectivity index (χ3v) is 13.3. The van der Waals surface area contributed by atoms with Crippen LogP contribution in [0.1, 0.15) is 37.6 Å². The third-order valence-electron chi connectivity index (χ3n) is 10.7. The Kier molecular flexibility index (Phi) is 15.7. The van der Waals surface area contributed by atoms with Gasteiger partial charge in [0.15, 0.2) is 0 Å². The monoisotopic (exact) mass is 983 g/mol. The molecule has 6 aromatic rings. The summed E-state index contributed by atoms with van der Waals surface area (Å²) in [6.45, 7) is 3.21. The lowest BCUT2D eigenvalue weighted by Gasteiger charge is -2.21. The minimum atomic E-state index is -4.46. The van der Waals surface area contributed by atoms with Crippen LogP contribution >= 0.6 is 34.3 Å². The molecule has 352 valence electrons. The van der Waals surface area contributed by atoms with Gasteiger partial charge in [-0.1, -0.05) is 60.7 Å². The van der Waals surface area contributed by atoms with Crippen molar-refractivity contribution >= 4 is 63.4 Å². The van der Waals surface area contributed by atoms with Gasteiger partial charge in [0.1, 0.15) is 40.3 Å². The molecule has 8 rings (SSSR count). The quantitative estimate of drug-likeness (QED) is 0.0610. The summed E-state index contributed by atoms with van der Waals surface area (Å²) < 4.78 is 98.0. The zero-order valence-corrected chi connectivity index (χ0v) is 38.6. The van der Waals surface area contributed by atoms with Gasteiger partial charge in [0.2, 0.25) is 11.8 Å². The number of anilines is 2. The Morgan fingerprint density at radius 2 is 1.09 bits per heavy atom. The normalized spacial score (nSPS) is 13.2. The van der Waals surface area contributed by atoms with E-state index in [-0.39, 0.29) is 67.7 Å². The molecular weight excluding hydrogens is 940 g/mol. The van der Waals surface area contributed by atoms with Crippen LogP contribution in [0, 0.1) is 0 Å². The van der Waals surface area contributed by atoms with Crippen LogP contribution in [-0.2, 0) is 57.5 Å². The van der Waals surface area contributed by atoms with Crippen LogP contribution in [0.25, 0.3) is 22.3 Å². The lowest BCUT2D eigenvalue weighted by Crippen LogP contribution is -2.40. The minimum Gasteiger partial charge on any atom is -0.488 e. The number of carbonyl (C=O) groups excluding carboxylic acids is 3. The Balaban J connectivity index is 0.000000203. The van der Waals surface area contributed by atoms with Gasteiger partial charge in [-0.25, -0.2) is 0 Å². The van der Waals surface area contributed by atoms with Crippen molar-refractivity contribution in [2.24, 2.45) is 0 Å². The van der Waals surface area contributed by atoms with Gasteiger partial charge < -0.3 is 24.0 Å². The van der Waals surface area contributed by atoms with E-state index in [9.17, 15) is 40.7 Å². The van der Waals surface area contributed by atoms with Crippen molar-refractivity contribution in [2.75, 3.05) is 55.5 Å². The fraction of sp³-hybridized carbons (Fsp3) is 0.286. The number of amides is 2. The van der Waals surface area contributed by atoms with Crippen molar-refractivity contribution in [3.8, 4) is 33.8 Å². The van der Waals surface area contributed by atoms with Crippen LogP contribution in [0.4, 0.5) is 37.7 Å². The lowest BCUT2D eigenvalue weighted by atomic mass is 10.1. The van der Waals surface area contributed by atoms with Gasteiger partial charge in [0.05, 0.1) is 19.7 Å². The van der Waals surface area contributed by atoms with Crippen molar-refractivity contribution in [3.63, 3.8) is 0 Å². The Hall–Kier alpha value is -5.88. The molecule has 4 heterocycles.